The van der Waals surface area contributed by atoms with Crippen LogP contribution in [0.2, 0.25) is 0 Å². The maximum Gasteiger partial charge on any atom is 0.443 e. The lowest BCUT2D eigenvalue weighted by atomic mass is 10.1. The van der Waals surface area contributed by atoms with Crippen LogP contribution in [-0.2, 0) is 10.9 Å². The molecule has 1 N–H and O–H groups in total. The van der Waals surface area contributed by atoms with Crippen molar-refractivity contribution in [2.24, 2.45) is 5.92 Å². The molecule has 7 heteroatoms. The maximum atomic E-state index is 12.4. The third-order valence-electron chi connectivity index (χ3n) is 2.73. The second kappa shape index (κ2) is 4.55. The van der Waals surface area contributed by atoms with Crippen LogP contribution in [0.25, 0.3) is 0 Å². The highest BCUT2D eigenvalue weighted by Gasteiger charge is 2.40. The van der Waals surface area contributed by atoms with E-state index in [1.54, 1.807) is 0 Å². The van der Waals surface area contributed by atoms with Gasteiger partial charge in [0.15, 0.2) is 5.01 Å². The van der Waals surface area contributed by atoms with E-state index in [2.05, 4.69) is 4.98 Å². The van der Waals surface area contributed by atoms with Crippen LogP contribution < -0.4 is 0 Å². The average Bonchev–Trinajstić information content (AvgIpc) is 2.94. The molecule has 2 rings (SSSR count). The number of aliphatic hydroxyl groups excluding tert-OH is 1. The lowest BCUT2D eigenvalue weighted by molar-refractivity contribution is -0.137. The van der Waals surface area contributed by atoms with Crippen LogP contribution >= 0.6 is 11.3 Å². The summed E-state index contributed by atoms with van der Waals surface area (Å²) in [5.41, 5.74) is 0. The van der Waals surface area contributed by atoms with Gasteiger partial charge in [0.1, 0.15) is 6.10 Å². The number of aromatic nitrogens is 1. The zero-order chi connectivity index (χ0) is 12.6. The lowest BCUT2D eigenvalue weighted by Crippen LogP contribution is -2.22. The van der Waals surface area contributed by atoms with Crippen LogP contribution in [0, 0.1) is 5.92 Å². The number of thiazole rings is 1. The van der Waals surface area contributed by atoms with Gasteiger partial charge in [-0.3, -0.25) is 0 Å². The summed E-state index contributed by atoms with van der Waals surface area (Å²) in [5, 5.41) is 9.01. The van der Waals surface area contributed by atoms with Crippen LogP contribution in [0.1, 0.15) is 28.8 Å². The van der Waals surface area contributed by atoms with E-state index in [-0.39, 0.29) is 10.8 Å². The Labute approximate surface area is 100 Å². The van der Waals surface area contributed by atoms with Crippen LogP contribution in [0.4, 0.5) is 13.2 Å². The molecule has 1 aliphatic rings. The minimum atomic E-state index is -4.45. The predicted molar refractivity (Wildman–Crippen MR) is 55.6 cm³/mol. The van der Waals surface area contributed by atoms with E-state index in [9.17, 15) is 18.3 Å². The molecule has 1 heterocycles. The number of nitrogens with zero attached hydrogens (tertiary/aromatic N) is 1. The number of hydrogen-bond acceptors (Lipinski definition) is 4. The van der Waals surface area contributed by atoms with Gasteiger partial charge in [0.2, 0.25) is 0 Å². The summed E-state index contributed by atoms with van der Waals surface area (Å²) in [6.45, 7) is 0. The molecule has 1 aromatic heterocycles. The number of hydrogen-bond donors (Lipinski definition) is 1. The first-order valence-corrected chi connectivity index (χ1v) is 5.99. The molecule has 0 spiro atoms. The van der Waals surface area contributed by atoms with E-state index < -0.39 is 23.4 Å². The Bertz CT molecular complexity index is 389. The predicted octanol–water partition coefficient (Wildman–Crippen LogP) is 2.62. The number of alkyl halides is 3. The number of methoxy groups -OCH3 is 1. The topological polar surface area (TPSA) is 42.4 Å². The van der Waals surface area contributed by atoms with Crippen molar-refractivity contribution in [2.75, 3.05) is 7.11 Å². The van der Waals surface area contributed by atoms with Crippen molar-refractivity contribution >= 4 is 11.3 Å². The summed E-state index contributed by atoms with van der Waals surface area (Å²) in [7, 11) is 1.46. The first-order chi connectivity index (χ1) is 7.93. The zero-order valence-electron chi connectivity index (χ0n) is 9.07. The summed E-state index contributed by atoms with van der Waals surface area (Å²) in [5.74, 6) is 0.242. The van der Waals surface area contributed by atoms with Gasteiger partial charge in [-0.25, -0.2) is 4.98 Å². The second-order valence-electron chi connectivity index (χ2n) is 4.05. The Morgan fingerprint density at radius 2 is 2.18 bits per heavy atom. The molecule has 0 radical (unpaired) electrons. The number of aliphatic hydroxyl groups is 1. The minimum absolute atomic E-state index is 0.205. The molecule has 1 saturated carbocycles. The molecule has 0 amide bonds. The highest BCUT2D eigenvalue weighted by Crippen LogP contribution is 2.42. The fourth-order valence-electron chi connectivity index (χ4n) is 1.72. The van der Waals surface area contributed by atoms with E-state index in [4.69, 9.17) is 4.74 Å². The summed E-state index contributed by atoms with van der Waals surface area (Å²) in [6, 6.07) is 0. The Morgan fingerprint density at radius 3 is 2.59 bits per heavy atom. The second-order valence-corrected chi connectivity index (χ2v) is 5.11. The summed E-state index contributed by atoms with van der Waals surface area (Å²) in [4.78, 5) is 3.49. The van der Waals surface area contributed by atoms with Crippen molar-refractivity contribution in [3.63, 3.8) is 0 Å². The quantitative estimate of drug-likeness (QED) is 0.911. The van der Waals surface area contributed by atoms with Crippen LogP contribution in [0.5, 0.6) is 0 Å². The van der Waals surface area contributed by atoms with Crippen LogP contribution in [0.15, 0.2) is 6.20 Å². The molecule has 3 nitrogen and oxygen atoms in total. The standard InChI is InChI=1S/C10H12F3NO2S/c1-16-8(5-2-3-5)7(15)6-4-14-9(17-6)10(11,12)13/h4-5,7-8,15H,2-3H2,1H3. The van der Waals surface area contributed by atoms with Gasteiger partial charge >= 0.3 is 6.18 Å². The first-order valence-electron chi connectivity index (χ1n) is 5.17. The van der Waals surface area contributed by atoms with Gasteiger partial charge < -0.3 is 9.84 Å². The zero-order valence-corrected chi connectivity index (χ0v) is 9.88. The smallest absolute Gasteiger partial charge is 0.385 e. The third kappa shape index (κ3) is 2.78. The van der Waals surface area contributed by atoms with Crippen molar-refractivity contribution in [1.29, 1.82) is 0 Å². The number of halogens is 3. The van der Waals surface area contributed by atoms with Crippen molar-refractivity contribution in [1.82, 2.24) is 4.98 Å². The Hall–Kier alpha value is -0.660. The molecule has 17 heavy (non-hydrogen) atoms. The van der Waals surface area contributed by atoms with E-state index in [1.807, 2.05) is 0 Å². The van der Waals surface area contributed by atoms with Crippen molar-refractivity contribution < 1.29 is 23.0 Å². The van der Waals surface area contributed by atoms with Crippen molar-refractivity contribution in [2.45, 2.75) is 31.2 Å². The lowest BCUT2D eigenvalue weighted by Gasteiger charge is -2.19. The highest BCUT2D eigenvalue weighted by molar-refractivity contribution is 7.11. The first kappa shape index (κ1) is 12.8. The monoisotopic (exact) mass is 267 g/mol. The van der Waals surface area contributed by atoms with E-state index in [0.717, 1.165) is 19.0 Å². The molecule has 0 aromatic carbocycles. The van der Waals surface area contributed by atoms with Gasteiger partial charge in [-0.1, -0.05) is 0 Å². The summed E-state index contributed by atoms with van der Waals surface area (Å²) < 4.78 is 42.2. The molecule has 0 saturated heterocycles. The van der Waals surface area contributed by atoms with Gasteiger partial charge in [-0.2, -0.15) is 13.2 Å². The average molecular weight is 267 g/mol. The molecule has 1 aliphatic carbocycles. The fourth-order valence-corrected chi connectivity index (χ4v) is 2.52. The largest absolute Gasteiger partial charge is 0.443 e. The molecule has 2 unspecified atom stereocenters. The summed E-state index contributed by atoms with van der Waals surface area (Å²) >= 11 is 0.471. The van der Waals surface area contributed by atoms with Gasteiger partial charge in [-0.05, 0) is 18.8 Å². The molecular weight excluding hydrogens is 255 g/mol. The Morgan fingerprint density at radius 1 is 1.53 bits per heavy atom. The molecule has 0 aliphatic heterocycles. The van der Waals surface area contributed by atoms with Gasteiger partial charge in [0.05, 0.1) is 11.0 Å². The van der Waals surface area contributed by atoms with Crippen molar-refractivity contribution in [3.8, 4) is 0 Å². The maximum absolute atomic E-state index is 12.4. The van der Waals surface area contributed by atoms with Crippen LogP contribution in [0.3, 0.4) is 0 Å². The minimum Gasteiger partial charge on any atom is -0.385 e. The van der Waals surface area contributed by atoms with Crippen molar-refractivity contribution in [3.05, 3.63) is 16.1 Å². The molecular formula is C10H12F3NO2S. The van der Waals surface area contributed by atoms with E-state index >= 15 is 0 Å². The SMILES string of the molecule is COC(C1CC1)C(O)c1cnc(C(F)(F)F)s1. The summed E-state index contributed by atoms with van der Waals surface area (Å²) in [6.07, 6.45) is -2.95. The third-order valence-corrected chi connectivity index (χ3v) is 3.84. The Balaban J connectivity index is 2.13. The fraction of sp³-hybridized carbons (Fsp3) is 0.700. The Kier molecular flexibility index (Phi) is 3.42. The van der Waals surface area contributed by atoms with E-state index in [0.29, 0.717) is 11.3 Å². The number of rotatable bonds is 4. The normalized spacial score (nSPS) is 20.3. The van der Waals surface area contributed by atoms with E-state index in [1.165, 1.54) is 7.11 Å². The molecule has 1 fully saturated rings. The molecule has 2 atom stereocenters. The van der Waals surface area contributed by atoms with Crippen LogP contribution in [-0.4, -0.2) is 23.3 Å². The molecule has 1 aromatic rings. The highest BCUT2D eigenvalue weighted by atomic mass is 32.1. The van der Waals surface area contributed by atoms with Gasteiger partial charge in [0, 0.05) is 13.3 Å². The van der Waals surface area contributed by atoms with Gasteiger partial charge in [-0.15, -0.1) is 11.3 Å². The van der Waals surface area contributed by atoms with Gasteiger partial charge in [0.25, 0.3) is 0 Å². The number of ether oxygens (including phenoxy) is 1. The molecule has 96 valence electrons. The molecule has 0 bridgehead atoms.